The number of aryl methyl sites for hydroxylation is 1. The van der Waals surface area contributed by atoms with Gasteiger partial charge in [-0.15, -0.1) is 0 Å². The highest BCUT2D eigenvalue weighted by Gasteiger charge is 2.21. The molecule has 0 bridgehead atoms. The topological polar surface area (TPSA) is 94.3 Å². The first-order chi connectivity index (χ1) is 11.4. The van der Waals surface area contributed by atoms with E-state index < -0.39 is 0 Å². The summed E-state index contributed by atoms with van der Waals surface area (Å²) < 4.78 is 1.63. The molecule has 3 rings (SSSR count). The summed E-state index contributed by atoms with van der Waals surface area (Å²) in [4.78, 5) is 25.5. The Morgan fingerprint density at radius 1 is 1.46 bits per heavy atom. The standard InChI is InChI=1S/C15H17ClN6O2/c1-8-4-13(21-24-8)19-15(23)5-11-9(2)20-22(10(11)3)14-7-17-6-12(16)18-14/h6-8H,4-5H2,1-3H3,(H,19,21,23). The second-order valence-electron chi connectivity index (χ2n) is 5.64. The molecule has 0 spiro atoms. The third-order valence-corrected chi connectivity index (χ3v) is 3.88. The van der Waals surface area contributed by atoms with Crippen LogP contribution in [0.2, 0.25) is 5.15 Å². The van der Waals surface area contributed by atoms with Crippen LogP contribution in [0, 0.1) is 13.8 Å². The van der Waals surface area contributed by atoms with E-state index in [1.165, 1.54) is 6.20 Å². The number of amidine groups is 1. The van der Waals surface area contributed by atoms with Crippen LogP contribution in [-0.2, 0) is 16.1 Å². The van der Waals surface area contributed by atoms with Gasteiger partial charge in [-0.1, -0.05) is 16.8 Å². The minimum Gasteiger partial charge on any atom is -0.391 e. The van der Waals surface area contributed by atoms with Gasteiger partial charge in [-0.2, -0.15) is 5.10 Å². The number of carbonyl (C=O) groups is 1. The Morgan fingerprint density at radius 3 is 2.92 bits per heavy atom. The average molecular weight is 349 g/mol. The van der Waals surface area contributed by atoms with Crippen molar-refractivity contribution in [3.05, 3.63) is 34.5 Å². The quantitative estimate of drug-likeness (QED) is 0.911. The van der Waals surface area contributed by atoms with Gasteiger partial charge in [0, 0.05) is 17.7 Å². The third kappa shape index (κ3) is 3.38. The molecule has 0 saturated carbocycles. The number of carbonyl (C=O) groups excluding carboxylic acids is 1. The number of rotatable bonds is 3. The summed E-state index contributed by atoms with van der Waals surface area (Å²) in [7, 11) is 0. The first-order valence-electron chi connectivity index (χ1n) is 7.49. The lowest BCUT2D eigenvalue weighted by molar-refractivity contribution is -0.119. The van der Waals surface area contributed by atoms with Crippen molar-refractivity contribution in [2.75, 3.05) is 0 Å². The molecule has 0 radical (unpaired) electrons. The Bertz CT molecular complexity index is 816. The van der Waals surface area contributed by atoms with Gasteiger partial charge in [0.05, 0.1) is 24.5 Å². The van der Waals surface area contributed by atoms with Gasteiger partial charge in [0.25, 0.3) is 0 Å². The molecule has 1 aliphatic heterocycles. The van der Waals surface area contributed by atoms with E-state index >= 15 is 0 Å². The number of halogens is 1. The summed E-state index contributed by atoms with van der Waals surface area (Å²) in [5.74, 6) is 0.905. The second kappa shape index (κ2) is 6.56. The smallest absolute Gasteiger partial charge is 0.229 e. The van der Waals surface area contributed by atoms with Gasteiger partial charge in [0.1, 0.15) is 11.3 Å². The van der Waals surface area contributed by atoms with Crippen molar-refractivity contribution in [2.45, 2.75) is 39.7 Å². The van der Waals surface area contributed by atoms with Gasteiger partial charge in [-0.25, -0.2) is 9.67 Å². The normalized spacial score (nSPS) is 16.7. The lowest BCUT2D eigenvalue weighted by Gasteiger charge is -2.05. The summed E-state index contributed by atoms with van der Waals surface area (Å²) in [6.07, 6.45) is 3.81. The van der Waals surface area contributed by atoms with Crippen molar-refractivity contribution < 1.29 is 9.63 Å². The maximum atomic E-state index is 12.2. The van der Waals surface area contributed by atoms with Crippen molar-refractivity contribution in [3.8, 4) is 5.82 Å². The van der Waals surface area contributed by atoms with E-state index in [2.05, 4.69) is 25.5 Å². The van der Waals surface area contributed by atoms with Crippen molar-refractivity contribution in [3.63, 3.8) is 0 Å². The van der Waals surface area contributed by atoms with Crippen LogP contribution in [0.1, 0.15) is 30.3 Å². The molecule has 0 aromatic carbocycles. The number of aromatic nitrogens is 4. The molecular weight excluding hydrogens is 332 g/mol. The predicted octanol–water partition coefficient (Wildman–Crippen LogP) is 1.71. The van der Waals surface area contributed by atoms with Crippen LogP contribution in [0.4, 0.5) is 0 Å². The number of oxime groups is 1. The molecule has 126 valence electrons. The van der Waals surface area contributed by atoms with E-state index in [1.54, 1.807) is 10.9 Å². The van der Waals surface area contributed by atoms with E-state index in [4.69, 9.17) is 16.4 Å². The fourth-order valence-corrected chi connectivity index (χ4v) is 2.67. The highest BCUT2D eigenvalue weighted by atomic mass is 35.5. The molecule has 8 nitrogen and oxygen atoms in total. The number of nitrogens with zero attached hydrogens (tertiary/aromatic N) is 5. The maximum absolute atomic E-state index is 12.2. The zero-order chi connectivity index (χ0) is 17.3. The molecule has 1 aliphatic rings. The minimum absolute atomic E-state index is 0.00655. The van der Waals surface area contributed by atoms with Gasteiger partial charge in [-0.3, -0.25) is 9.78 Å². The molecule has 1 amide bonds. The second-order valence-corrected chi connectivity index (χ2v) is 6.03. The summed E-state index contributed by atoms with van der Waals surface area (Å²) in [6.45, 7) is 5.62. The molecule has 0 aliphatic carbocycles. The molecule has 24 heavy (non-hydrogen) atoms. The lowest BCUT2D eigenvalue weighted by Crippen LogP contribution is -2.31. The molecule has 1 atom stereocenters. The lowest BCUT2D eigenvalue weighted by atomic mass is 10.1. The van der Waals surface area contributed by atoms with Crippen molar-refractivity contribution >= 4 is 23.3 Å². The largest absolute Gasteiger partial charge is 0.391 e. The molecule has 9 heteroatoms. The van der Waals surface area contributed by atoms with E-state index in [0.29, 0.717) is 18.1 Å². The molecule has 1 unspecified atom stereocenters. The van der Waals surface area contributed by atoms with Crippen molar-refractivity contribution in [1.82, 2.24) is 25.1 Å². The van der Waals surface area contributed by atoms with E-state index in [0.717, 1.165) is 17.0 Å². The van der Waals surface area contributed by atoms with E-state index in [1.807, 2.05) is 20.8 Å². The van der Waals surface area contributed by atoms with Crippen LogP contribution in [0.5, 0.6) is 0 Å². The first-order valence-corrected chi connectivity index (χ1v) is 7.87. The summed E-state index contributed by atoms with van der Waals surface area (Å²) in [5.41, 5.74) is 2.40. The van der Waals surface area contributed by atoms with Gasteiger partial charge >= 0.3 is 0 Å². The molecule has 1 N–H and O–H groups in total. The molecule has 0 saturated heterocycles. The highest BCUT2D eigenvalue weighted by molar-refractivity contribution is 6.29. The van der Waals surface area contributed by atoms with Crippen LogP contribution < -0.4 is 5.32 Å². The minimum atomic E-state index is -0.158. The Kier molecular flexibility index (Phi) is 4.48. The third-order valence-electron chi connectivity index (χ3n) is 3.70. The van der Waals surface area contributed by atoms with Crippen molar-refractivity contribution in [1.29, 1.82) is 0 Å². The van der Waals surface area contributed by atoms with Gasteiger partial charge < -0.3 is 10.2 Å². The zero-order valence-electron chi connectivity index (χ0n) is 13.6. The Morgan fingerprint density at radius 2 is 2.25 bits per heavy atom. The van der Waals surface area contributed by atoms with Crippen LogP contribution in [0.15, 0.2) is 17.5 Å². The van der Waals surface area contributed by atoms with Crippen LogP contribution in [0.25, 0.3) is 5.82 Å². The van der Waals surface area contributed by atoms with E-state index in [9.17, 15) is 4.79 Å². The maximum Gasteiger partial charge on any atom is 0.229 e. The highest BCUT2D eigenvalue weighted by Crippen LogP contribution is 2.18. The predicted molar refractivity (Wildman–Crippen MR) is 88.1 cm³/mol. The summed E-state index contributed by atoms with van der Waals surface area (Å²) >= 11 is 5.88. The number of hydrogen-bond acceptors (Lipinski definition) is 6. The van der Waals surface area contributed by atoms with Crippen LogP contribution in [0.3, 0.4) is 0 Å². The Labute approximate surface area is 143 Å². The van der Waals surface area contributed by atoms with Crippen LogP contribution in [-0.4, -0.2) is 37.6 Å². The average Bonchev–Trinajstić information content (AvgIpc) is 3.05. The monoisotopic (exact) mass is 348 g/mol. The molecule has 0 fully saturated rings. The van der Waals surface area contributed by atoms with Gasteiger partial charge in [0.15, 0.2) is 11.7 Å². The fourth-order valence-electron chi connectivity index (χ4n) is 2.53. The first kappa shape index (κ1) is 16.4. The molecule has 2 aromatic heterocycles. The number of amides is 1. The fraction of sp³-hybridized carbons (Fsp3) is 0.400. The summed E-state index contributed by atoms with van der Waals surface area (Å²) in [5, 5.41) is 11.3. The molecular formula is C15H17ClN6O2. The van der Waals surface area contributed by atoms with Crippen LogP contribution >= 0.6 is 11.6 Å². The Balaban J connectivity index is 1.78. The number of nitrogens with one attached hydrogen (secondary N) is 1. The zero-order valence-corrected chi connectivity index (χ0v) is 14.3. The van der Waals surface area contributed by atoms with Gasteiger partial charge in [-0.05, 0) is 20.8 Å². The Hall–Kier alpha value is -2.48. The van der Waals surface area contributed by atoms with E-state index in [-0.39, 0.29) is 23.6 Å². The van der Waals surface area contributed by atoms with Crippen molar-refractivity contribution in [2.24, 2.45) is 5.16 Å². The van der Waals surface area contributed by atoms with Gasteiger partial charge in [0.2, 0.25) is 5.91 Å². The molecule has 2 aromatic rings. The molecule has 3 heterocycles. The number of hydrogen-bond donors (Lipinski definition) is 1. The SMILES string of the molecule is Cc1nn(-c2cncc(Cl)n2)c(C)c1CC(=O)NC1=NOC(C)C1. The summed E-state index contributed by atoms with van der Waals surface area (Å²) in [6, 6.07) is 0.